The summed E-state index contributed by atoms with van der Waals surface area (Å²) in [4.78, 5) is 17.9. The number of fused-ring (bicyclic) bond motifs is 1. The van der Waals surface area contributed by atoms with Crippen molar-refractivity contribution >= 4 is 32.8 Å². The molecule has 176 valence electrons. The SMILES string of the molecule is Cc1cc2c(cc(NC(=O)c3ccccc3)n2S(=O)(=O)c2ccccc2)nc1-n1c(C)ccc1C. The maximum atomic E-state index is 13.8. The Balaban J connectivity index is 1.74. The summed E-state index contributed by atoms with van der Waals surface area (Å²) < 4.78 is 30.7. The summed E-state index contributed by atoms with van der Waals surface area (Å²) in [6.07, 6.45) is 0. The molecule has 8 heteroatoms. The van der Waals surface area contributed by atoms with E-state index >= 15 is 0 Å². The van der Waals surface area contributed by atoms with Crippen LogP contribution < -0.4 is 5.32 Å². The monoisotopic (exact) mass is 484 g/mol. The summed E-state index contributed by atoms with van der Waals surface area (Å²) in [7, 11) is -4.03. The predicted octanol–water partition coefficient (Wildman–Crippen LogP) is 5.24. The quantitative estimate of drug-likeness (QED) is 0.370. The number of benzene rings is 2. The molecule has 1 N–H and O–H groups in total. The molecule has 0 aliphatic rings. The number of carbonyl (C=O) groups excluding carboxylic acids is 1. The summed E-state index contributed by atoms with van der Waals surface area (Å²) in [6.45, 7) is 5.89. The number of aromatic nitrogens is 3. The van der Waals surface area contributed by atoms with E-state index in [2.05, 4.69) is 5.32 Å². The fourth-order valence-corrected chi connectivity index (χ4v) is 5.71. The molecule has 7 nitrogen and oxygen atoms in total. The van der Waals surface area contributed by atoms with Crippen molar-refractivity contribution in [1.29, 1.82) is 0 Å². The van der Waals surface area contributed by atoms with Gasteiger partial charge in [-0.05, 0) is 68.8 Å². The number of hydrogen-bond acceptors (Lipinski definition) is 4. The van der Waals surface area contributed by atoms with Crippen molar-refractivity contribution < 1.29 is 13.2 Å². The van der Waals surface area contributed by atoms with Gasteiger partial charge in [0.15, 0.2) is 0 Å². The van der Waals surface area contributed by atoms with E-state index in [-0.39, 0.29) is 10.7 Å². The lowest BCUT2D eigenvalue weighted by molar-refractivity contribution is 0.102. The van der Waals surface area contributed by atoms with Crippen molar-refractivity contribution in [1.82, 2.24) is 13.5 Å². The van der Waals surface area contributed by atoms with Crippen LogP contribution in [0.1, 0.15) is 27.3 Å². The zero-order valence-electron chi connectivity index (χ0n) is 19.6. The van der Waals surface area contributed by atoms with Gasteiger partial charge in [-0.1, -0.05) is 36.4 Å². The lowest BCUT2D eigenvalue weighted by atomic mass is 10.2. The Kier molecular flexibility index (Phi) is 5.53. The summed E-state index contributed by atoms with van der Waals surface area (Å²) >= 11 is 0. The summed E-state index contributed by atoms with van der Waals surface area (Å²) in [5.41, 5.74) is 4.12. The molecule has 0 saturated carbocycles. The van der Waals surface area contributed by atoms with Gasteiger partial charge in [-0.15, -0.1) is 0 Å². The number of pyridine rings is 1. The van der Waals surface area contributed by atoms with Crippen LogP contribution >= 0.6 is 0 Å². The highest BCUT2D eigenvalue weighted by atomic mass is 32.2. The highest BCUT2D eigenvalue weighted by Crippen LogP contribution is 2.31. The molecule has 3 heterocycles. The zero-order chi connectivity index (χ0) is 24.7. The van der Waals surface area contributed by atoms with E-state index in [1.165, 1.54) is 12.1 Å². The van der Waals surface area contributed by atoms with Crippen LogP contribution in [0, 0.1) is 20.8 Å². The van der Waals surface area contributed by atoms with Crippen LogP contribution in [0.2, 0.25) is 0 Å². The second kappa shape index (κ2) is 8.56. The Hall–Kier alpha value is -4.17. The lowest BCUT2D eigenvalue weighted by Gasteiger charge is -2.14. The Morgan fingerprint density at radius 2 is 1.43 bits per heavy atom. The van der Waals surface area contributed by atoms with Crippen molar-refractivity contribution in [2.75, 3.05) is 5.32 Å². The molecule has 0 radical (unpaired) electrons. The molecule has 35 heavy (non-hydrogen) atoms. The van der Waals surface area contributed by atoms with Gasteiger partial charge < -0.3 is 9.88 Å². The minimum absolute atomic E-state index is 0.117. The minimum Gasteiger partial charge on any atom is -0.307 e. The smallest absolute Gasteiger partial charge is 0.269 e. The van der Waals surface area contributed by atoms with Gasteiger partial charge in [0.05, 0.1) is 15.9 Å². The standard InChI is InChI=1S/C27H24N4O3S/c1-18-16-24-23(28-26(18)30-19(2)14-15-20(30)3)17-25(29-27(32)21-10-6-4-7-11-21)31(24)35(33,34)22-12-8-5-9-13-22/h4-17H,1-3H3,(H,29,32). The first-order valence-electron chi connectivity index (χ1n) is 11.1. The van der Waals surface area contributed by atoms with Crippen molar-refractivity contribution in [2.45, 2.75) is 25.7 Å². The third-order valence-electron chi connectivity index (χ3n) is 5.95. The molecule has 0 atom stereocenters. The molecule has 0 bridgehead atoms. The van der Waals surface area contributed by atoms with Crippen LogP contribution in [0.3, 0.4) is 0 Å². The van der Waals surface area contributed by atoms with Crippen LogP contribution in [0.15, 0.2) is 89.8 Å². The number of nitrogens with one attached hydrogen (secondary N) is 1. The van der Waals surface area contributed by atoms with Crippen LogP contribution in [0.4, 0.5) is 5.82 Å². The van der Waals surface area contributed by atoms with E-state index in [9.17, 15) is 13.2 Å². The van der Waals surface area contributed by atoms with Crippen molar-refractivity contribution in [2.24, 2.45) is 0 Å². The second-order valence-electron chi connectivity index (χ2n) is 8.42. The molecule has 0 unspecified atom stereocenters. The first-order valence-corrected chi connectivity index (χ1v) is 12.6. The molecule has 0 aliphatic heterocycles. The van der Waals surface area contributed by atoms with E-state index in [1.54, 1.807) is 54.6 Å². The van der Waals surface area contributed by atoms with E-state index < -0.39 is 15.9 Å². The van der Waals surface area contributed by atoms with E-state index in [1.807, 2.05) is 43.5 Å². The molecule has 0 fully saturated rings. The van der Waals surface area contributed by atoms with Crippen LogP contribution in [0.5, 0.6) is 0 Å². The second-order valence-corrected chi connectivity index (χ2v) is 10.2. The maximum Gasteiger partial charge on any atom is 0.269 e. The average Bonchev–Trinajstić information content (AvgIpc) is 3.38. The third kappa shape index (κ3) is 3.91. The highest BCUT2D eigenvalue weighted by Gasteiger charge is 2.26. The molecule has 5 aromatic rings. The molecule has 0 spiro atoms. The van der Waals surface area contributed by atoms with Gasteiger partial charge in [0.2, 0.25) is 0 Å². The summed E-state index contributed by atoms with van der Waals surface area (Å²) in [5, 5.41) is 2.79. The normalized spacial score (nSPS) is 11.6. The largest absolute Gasteiger partial charge is 0.307 e. The Bertz CT molecular complexity index is 1650. The number of amides is 1. The number of hydrogen-bond donors (Lipinski definition) is 1. The van der Waals surface area contributed by atoms with E-state index in [0.29, 0.717) is 22.4 Å². The first kappa shape index (κ1) is 22.6. The maximum absolute atomic E-state index is 13.8. The van der Waals surface area contributed by atoms with Crippen molar-refractivity contribution in [3.63, 3.8) is 0 Å². The number of anilines is 1. The fraction of sp³-hybridized carbons (Fsp3) is 0.111. The van der Waals surface area contributed by atoms with Crippen LogP contribution in [-0.2, 0) is 10.0 Å². The summed E-state index contributed by atoms with van der Waals surface area (Å²) in [6, 6.07) is 24.2. The van der Waals surface area contributed by atoms with Crippen molar-refractivity contribution in [3.05, 3.63) is 107 Å². The van der Waals surface area contributed by atoms with Gasteiger partial charge >= 0.3 is 0 Å². The molecule has 0 saturated heterocycles. The Morgan fingerprint density at radius 3 is 2.06 bits per heavy atom. The number of rotatable bonds is 5. The molecular formula is C27H24N4O3S. The molecule has 5 rings (SSSR count). The van der Waals surface area contributed by atoms with Gasteiger partial charge in [0.25, 0.3) is 15.9 Å². The topological polar surface area (TPSA) is 86.0 Å². The minimum atomic E-state index is -4.03. The molecular weight excluding hydrogens is 460 g/mol. The van der Waals surface area contributed by atoms with E-state index in [4.69, 9.17) is 4.98 Å². The first-order chi connectivity index (χ1) is 16.8. The third-order valence-corrected chi connectivity index (χ3v) is 7.69. The predicted molar refractivity (Wildman–Crippen MR) is 137 cm³/mol. The molecule has 3 aromatic heterocycles. The number of carbonyl (C=O) groups is 1. The molecule has 2 aromatic carbocycles. The van der Waals surface area contributed by atoms with Gasteiger partial charge in [-0.25, -0.2) is 17.4 Å². The highest BCUT2D eigenvalue weighted by molar-refractivity contribution is 7.90. The van der Waals surface area contributed by atoms with Gasteiger partial charge in [-0.3, -0.25) is 4.79 Å². The van der Waals surface area contributed by atoms with Crippen LogP contribution in [0.25, 0.3) is 16.9 Å². The van der Waals surface area contributed by atoms with E-state index in [0.717, 1.165) is 20.9 Å². The molecule has 1 amide bonds. The number of nitrogens with zero attached hydrogens (tertiary/aromatic N) is 3. The Morgan fingerprint density at radius 1 is 0.829 bits per heavy atom. The lowest BCUT2D eigenvalue weighted by Crippen LogP contribution is -2.20. The van der Waals surface area contributed by atoms with Crippen molar-refractivity contribution in [3.8, 4) is 5.82 Å². The molecule has 0 aliphatic carbocycles. The number of aryl methyl sites for hydroxylation is 3. The summed E-state index contributed by atoms with van der Waals surface area (Å²) in [5.74, 6) is 0.433. The van der Waals surface area contributed by atoms with Gasteiger partial charge in [-0.2, -0.15) is 0 Å². The zero-order valence-corrected chi connectivity index (χ0v) is 20.4. The Labute approximate surface area is 203 Å². The fourth-order valence-electron chi connectivity index (χ4n) is 4.24. The van der Waals surface area contributed by atoms with Gasteiger partial charge in [0, 0.05) is 23.0 Å². The average molecular weight is 485 g/mol. The van der Waals surface area contributed by atoms with Gasteiger partial charge in [0.1, 0.15) is 11.6 Å². The van der Waals surface area contributed by atoms with Crippen LogP contribution in [-0.4, -0.2) is 27.8 Å².